The van der Waals surface area contributed by atoms with Gasteiger partial charge in [0.05, 0.1) is 16.8 Å². The van der Waals surface area contributed by atoms with Crippen LogP contribution in [0.3, 0.4) is 0 Å². The molecule has 0 aliphatic heterocycles. The molecule has 0 aliphatic rings. The van der Waals surface area contributed by atoms with E-state index in [1.54, 1.807) is 42.5 Å². The topological polar surface area (TPSA) is 50.2 Å². The molecule has 3 rings (SSSR count). The van der Waals surface area contributed by atoms with Gasteiger partial charge in [0.15, 0.2) is 0 Å². The van der Waals surface area contributed by atoms with Crippen molar-refractivity contribution in [3.63, 3.8) is 0 Å². The fourth-order valence-electron chi connectivity index (χ4n) is 2.30. The molecule has 2 aromatic carbocycles. The molecule has 1 N–H and O–H groups in total. The van der Waals surface area contributed by atoms with Crippen LogP contribution < -0.4 is 0 Å². The number of hydrogen-bond donors (Lipinski definition) is 1. The molecule has 110 valence electrons. The first-order valence-electron chi connectivity index (χ1n) is 6.56. The van der Waals surface area contributed by atoms with Crippen LogP contribution in [0, 0.1) is 6.92 Å². The zero-order valence-electron chi connectivity index (χ0n) is 11.6. The lowest BCUT2D eigenvalue weighted by Gasteiger charge is -2.09. The normalized spacial score (nSPS) is 10.9. The van der Waals surface area contributed by atoms with Crippen LogP contribution in [-0.2, 0) is 0 Å². The number of carboxylic acids is 1. The molecule has 0 fully saturated rings. The van der Waals surface area contributed by atoms with E-state index in [9.17, 15) is 9.90 Å². The first-order chi connectivity index (χ1) is 10.5. The minimum absolute atomic E-state index is 0.203. The smallest absolute Gasteiger partial charge is 0.336 e. The van der Waals surface area contributed by atoms with Crippen LogP contribution in [0.15, 0.2) is 42.5 Å². The van der Waals surface area contributed by atoms with Crippen molar-refractivity contribution in [2.24, 2.45) is 0 Å². The number of hydrogen-bond acceptors (Lipinski definition) is 2. The van der Waals surface area contributed by atoms with Gasteiger partial charge in [-0.15, -0.1) is 0 Å². The zero-order chi connectivity index (χ0) is 15.9. The summed E-state index contributed by atoms with van der Waals surface area (Å²) >= 11 is 12.0. The predicted molar refractivity (Wildman–Crippen MR) is 88.9 cm³/mol. The van der Waals surface area contributed by atoms with Gasteiger partial charge in [0.2, 0.25) is 0 Å². The minimum atomic E-state index is -0.996. The number of pyridine rings is 1. The van der Waals surface area contributed by atoms with Gasteiger partial charge in [0, 0.05) is 21.0 Å². The molecular weight excluding hydrogens is 321 g/mol. The highest BCUT2D eigenvalue weighted by molar-refractivity contribution is 6.32. The number of fused-ring (bicyclic) bond motifs is 1. The lowest BCUT2D eigenvalue weighted by atomic mass is 10.0. The third-order valence-corrected chi connectivity index (χ3v) is 4.12. The summed E-state index contributed by atoms with van der Waals surface area (Å²) in [7, 11) is 0. The van der Waals surface area contributed by atoms with Crippen LogP contribution >= 0.6 is 23.2 Å². The summed E-state index contributed by atoms with van der Waals surface area (Å²) in [5.41, 5.74) is 2.94. The molecule has 0 bridgehead atoms. The molecule has 3 aromatic rings. The molecule has 0 radical (unpaired) electrons. The average molecular weight is 332 g/mol. The van der Waals surface area contributed by atoms with E-state index < -0.39 is 5.97 Å². The molecule has 0 amide bonds. The van der Waals surface area contributed by atoms with Crippen LogP contribution in [0.25, 0.3) is 22.2 Å². The maximum atomic E-state index is 11.6. The molecule has 1 heterocycles. The van der Waals surface area contributed by atoms with E-state index in [-0.39, 0.29) is 5.56 Å². The minimum Gasteiger partial charge on any atom is -0.478 e. The highest BCUT2D eigenvalue weighted by atomic mass is 35.5. The van der Waals surface area contributed by atoms with Gasteiger partial charge in [0.1, 0.15) is 0 Å². The quantitative estimate of drug-likeness (QED) is 0.700. The first-order valence-corrected chi connectivity index (χ1v) is 7.31. The molecule has 22 heavy (non-hydrogen) atoms. The summed E-state index contributed by atoms with van der Waals surface area (Å²) in [6.07, 6.45) is 0. The third-order valence-electron chi connectivity index (χ3n) is 3.46. The van der Waals surface area contributed by atoms with Crippen LogP contribution in [0.4, 0.5) is 0 Å². The van der Waals surface area contributed by atoms with Crippen molar-refractivity contribution in [1.82, 2.24) is 4.98 Å². The molecule has 5 heteroatoms. The van der Waals surface area contributed by atoms with Crippen LogP contribution in [0.5, 0.6) is 0 Å². The third kappa shape index (κ3) is 2.65. The van der Waals surface area contributed by atoms with Crippen molar-refractivity contribution >= 4 is 40.1 Å². The van der Waals surface area contributed by atoms with Gasteiger partial charge in [0.25, 0.3) is 0 Å². The van der Waals surface area contributed by atoms with Crippen molar-refractivity contribution in [3.05, 3.63) is 63.6 Å². The Hall–Kier alpha value is -2.10. The Kier molecular flexibility index (Phi) is 3.77. The van der Waals surface area contributed by atoms with Gasteiger partial charge in [-0.2, -0.15) is 0 Å². The van der Waals surface area contributed by atoms with Crippen molar-refractivity contribution in [2.45, 2.75) is 6.92 Å². The Balaban J connectivity index is 2.31. The number of benzene rings is 2. The Morgan fingerprint density at radius 1 is 1.09 bits per heavy atom. The molecule has 0 unspecified atom stereocenters. The molecule has 3 nitrogen and oxygen atoms in total. The number of rotatable bonds is 2. The van der Waals surface area contributed by atoms with Crippen molar-refractivity contribution in [1.29, 1.82) is 0 Å². The van der Waals surface area contributed by atoms with E-state index in [1.807, 2.05) is 6.92 Å². The van der Waals surface area contributed by atoms with E-state index in [0.29, 0.717) is 26.6 Å². The summed E-state index contributed by atoms with van der Waals surface area (Å²) in [5.74, 6) is -0.996. The molecule has 1 aromatic heterocycles. The second-order valence-corrected chi connectivity index (χ2v) is 5.83. The predicted octanol–water partition coefficient (Wildman–Crippen LogP) is 5.22. The lowest BCUT2D eigenvalue weighted by Crippen LogP contribution is -2.00. The van der Waals surface area contributed by atoms with Gasteiger partial charge in [-0.25, -0.2) is 9.78 Å². The largest absolute Gasteiger partial charge is 0.478 e. The SMILES string of the molecule is Cc1cc2c(C(=O)O)cc(-c3ccc(Cl)cc3)nc2cc1Cl. The van der Waals surface area contributed by atoms with Gasteiger partial charge in [-0.05, 0) is 42.8 Å². The van der Waals surface area contributed by atoms with Crippen molar-refractivity contribution in [2.75, 3.05) is 0 Å². The monoisotopic (exact) mass is 331 g/mol. The van der Waals surface area contributed by atoms with E-state index in [2.05, 4.69) is 4.98 Å². The van der Waals surface area contributed by atoms with E-state index in [4.69, 9.17) is 23.2 Å². The van der Waals surface area contributed by atoms with E-state index >= 15 is 0 Å². The highest BCUT2D eigenvalue weighted by Gasteiger charge is 2.14. The zero-order valence-corrected chi connectivity index (χ0v) is 13.1. The Morgan fingerprint density at radius 3 is 2.41 bits per heavy atom. The maximum absolute atomic E-state index is 11.6. The molecule has 0 saturated carbocycles. The number of carboxylic acid groups (broad SMARTS) is 1. The number of aryl methyl sites for hydroxylation is 1. The standard InChI is InChI=1S/C17H11Cl2NO2/c1-9-6-12-13(17(21)22)7-15(20-16(12)8-14(9)19)10-2-4-11(18)5-3-10/h2-8H,1H3,(H,21,22). The van der Waals surface area contributed by atoms with Crippen LogP contribution in [-0.4, -0.2) is 16.1 Å². The lowest BCUT2D eigenvalue weighted by molar-refractivity contribution is 0.0699. The fourth-order valence-corrected chi connectivity index (χ4v) is 2.59. The second kappa shape index (κ2) is 5.59. The highest BCUT2D eigenvalue weighted by Crippen LogP contribution is 2.29. The van der Waals surface area contributed by atoms with Crippen LogP contribution in [0.1, 0.15) is 15.9 Å². The molecule has 0 aliphatic carbocycles. The van der Waals surface area contributed by atoms with Gasteiger partial charge in [-0.3, -0.25) is 0 Å². The summed E-state index contributed by atoms with van der Waals surface area (Å²) in [6, 6.07) is 12.1. The summed E-state index contributed by atoms with van der Waals surface area (Å²) in [4.78, 5) is 16.1. The summed E-state index contributed by atoms with van der Waals surface area (Å²) < 4.78 is 0. The summed E-state index contributed by atoms with van der Waals surface area (Å²) in [6.45, 7) is 1.83. The number of aromatic carboxylic acids is 1. The Morgan fingerprint density at radius 2 is 1.77 bits per heavy atom. The number of halogens is 2. The summed E-state index contributed by atoms with van der Waals surface area (Å²) in [5, 5.41) is 11.2. The van der Waals surface area contributed by atoms with Crippen molar-refractivity contribution < 1.29 is 9.90 Å². The molecule has 0 spiro atoms. The van der Waals surface area contributed by atoms with E-state index in [0.717, 1.165) is 11.1 Å². The second-order valence-electron chi connectivity index (χ2n) is 4.99. The van der Waals surface area contributed by atoms with Crippen LogP contribution in [0.2, 0.25) is 10.0 Å². The molecule has 0 atom stereocenters. The Bertz CT molecular complexity index is 889. The maximum Gasteiger partial charge on any atom is 0.336 e. The number of carbonyl (C=O) groups is 1. The molecular formula is C17H11Cl2NO2. The fraction of sp³-hybridized carbons (Fsp3) is 0.0588. The average Bonchev–Trinajstić information content (AvgIpc) is 2.48. The molecule has 0 saturated heterocycles. The van der Waals surface area contributed by atoms with Gasteiger partial charge >= 0.3 is 5.97 Å². The van der Waals surface area contributed by atoms with Gasteiger partial charge in [-0.1, -0.05) is 35.3 Å². The number of aromatic nitrogens is 1. The first kappa shape index (κ1) is 14.8. The van der Waals surface area contributed by atoms with E-state index in [1.165, 1.54) is 0 Å². The number of nitrogens with zero attached hydrogens (tertiary/aromatic N) is 1. The Labute approximate surface area is 137 Å². The van der Waals surface area contributed by atoms with Crippen molar-refractivity contribution in [3.8, 4) is 11.3 Å². The van der Waals surface area contributed by atoms with Gasteiger partial charge < -0.3 is 5.11 Å².